The summed E-state index contributed by atoms with van der Waals surface area (Å²) in [5, 5.41) is 20.0. The summed E-state index contributed by atoms with van der Waals surface area (Å²) in [6.07, 6.45) is -0.323. The van der Waals surface area contributed by atoms with Crippen LogP contribution in [0, 0.1) is 0 Å². The Bertz CT molecular complexity index is 457. The third kappa shape index (κ3) is 5.31. The molecule has 0 aliphatic carbocycles. The quantitative estimate of drug-likeness (QED) is 0.600. The van der Waals surface area contributed by atoms with E-state index in [1.165, 1.54) is 0 Å². The highest BCUT2D eigenvalue weighted by Crippen LogP contribution is 2.01. The maximum atomic E-state index is 11.7. The van der Waals surface area contributed by atoms with Gasteiger partial charge in [-0.2, -0.15) is 0 Å². The van der Waals surface area contributed by atoms with Crippen LogP contribution in [0.15, 0.2) is 30.3 Å². The molecule has 102 valence electrons. The first-order chi connectivity index (χ1) is 9.00. The second kappa shape index (κ2) is 7.27. The van der Waals surface area contributed by atoms with Gasteiger partial charge in [-0.05, 0) is 6.42 Å². The molecule has 1 atom stereocenters. The molecular weight excluding hydrogens is 250 g/mol. The Morgan fingerprint density at radius 2 is 1.74 bits per heavy atom. The molecule has 3 N–H and O–H groups in total. The number of nitrogens with one attached hydrogen (secondary N) is 1. The number of carbonyl (C=O) groups excluding carboxylic acids is 1. The molecule has 0 unspecified atom stereocenters. The van der Waals surface area contributed by atoms with Gasteiger partial charge < -0.3 is 10.2 Å². The van der Waals surface area contributed by atoms with Gasteiger partial charge in [0.25, 0.3) is 0 Å². The maximum absolute atomic E-state index is 11.7. The predicted octanol–water partition coefficient (Wildman–Crippen LogP) is 0.777. The lowest BCUT2D eigenvalue weighted by molar-refractivity contribution is -0.140. The topological polar surface area (TPSA) is 104 Å². The van der Waals surface area contributed by atoms with Crippen LogP contribution in [-0.2, 0) is 9.59 Å². The molecule has 0 amide bonds. The van der Waals surface area contributed by atoms with Crippen LogP contribution < -0.4 is 5.32 Å². The normalized spacial score (nSPS) is 11.8. The molecule has 1 aromatic carbocycles. The van der Waals surface area contributed by atoms with E-state index in [9.17, 15) is 14.4 Å². The number of carboxylic acid groups (broad SMARTS) is 2. The van der Waals surface area contributed by atoms with Crippen LogP contribution in [0.4, 0.5) is 0 Å². The van der Waals surface area contributed by atoms with Crippen LogP contribution in [-0.4, -0.2) is 40.5 Å². The molecule has 0 heterocycles. The average molecular weight is 265 g/mol. The van der Waals surface area contributed by atoms with Gasteiger partial charge in [-0.15, -0.1) is 0 Å². The summed E-state index contributed by atoms with van der Waals surface area (Å²) >= 11 is 0. The third-order valence-electron chi connectivity index (χ3n) is 2.55. The zero-order chi connectivity index (χ0) is 14.3. The van der Waals surface area contributed by atoms with E-state index in [0.717, 1.165) is 0 Å². The van der Waals surface area contributed by atoms with Crippen molar-refractivity contribution in [1.82, 2.24) is 5.32 Å². The van der Waals surface area contributed by atoms with Crippen molar-refractivity contribution in [3.63, 3.8) is 0 Å². The number of Topliss-reactive ketones (excluding diaryl/α,β-unsaturated/α-hetero) is 1. The van der Waals surface area contributed by atoms with Crippen LogP contribution in [0.5, 0.6) is 0 Å². The first-order valence-corrected chi connectivity index (χ1v) is 5.77. The minimum atomic E-state index is -1.16. The molecule has 19 heavy (non-hydrogen) atoms. The smallest absolute Gasteiger partial charge is 0.320 e. The van der Waals surface area contributed by atoms with Crippen molar-refractivity contribution >= 4 is 17.7 Å². The van der Waals surface area contributed by atoms with Crippen LogP contribution >= 0.6 is 0 Å². The number of hydrogen-bond acceptors (Lipinski definition) is 4. The van der Waals surface area contributed by atoms with Crippen LogP contribution in [0.2, 0.25) is 0 Å². The largest absolute Gasteiger partial charge is 0.481 e. The van der Waals surface area contributed by atoms with Gasteiger partial charge in [0.05, 0.1) is 6.54 Å². The van der Waals surface area contributed by atoms with Gasteiger partial charge in [0, 0.05) is 12.0 Å². The van der Waals surface area contributed by atoms with Gasteiger partial charge in [0.15, 0.2) is 5.78 Å². The van der Waals surface area contributed by atoms with E-state index in [0.29, 0.717) is 5.56 Å². The van der Waals surface area contributed by atoms with E-state index in [1.807, 2.05) is 0 Å². The first-order valence-electron chi connectivity index (χ1n) is 5.77. The summed E-state index contributed by atoms with van der Waals surface area (Å²) in [6.45, 7) is -0.138. The number of ketones is 1. The third-order valence-corrected chi connectivity index (χ3v) is 2.55. The summed E-state index contributed by atoms with van der Waals surface area (Å²) in [4.78, 5) is 33.0. The van der Waals surface area contributed by atoms with Crippen molar-refractivity contribution in [2.45, 2.75) is 18.9 Å². The lowest BCUT2D eigenvalue weighted by Crippen LogP contribution is -2.40. The Hall–Kier alpha value is -2.21. The van der Waals surface area contributed by atoms with Crippen molar-refractivity contribution in [3.05, 3.63) is 35.9 Å². The molecule has 0 saturated heterocycles. The number of hydrogen-bond donors (Lipinski definition) is 3. The van der Waals surface area contributed by atoms with Crippen molar-refractivity contribution in [2.24, 2.45) is 0 Å². The van der Waals surface area contributed by atoms with Crippen LogP contribution in [0.3, 0.4) is 0 Å². The Kier molecular flexibility index (Phi) is 5.69. The summed E-state index contributed by atoms with van der Waals surface area (Å²) in [7, 11) is 0. The monoisotopic (exact) mass is 265 g/mol. The standard InChI is InChI=1S/C13H15NO5/c15-11(9-4-2-1-3-5-9)8-14-10(13(18)19)6-7-12(16)17/h1-5,10,14H,6-8H2,(H,16,17)(H,18,19)/t10-/m0/s1. The van der Waals surface area contributed by atoms with E-state index < -0.39 is 18.0 Å². The van der Waals surface area contributed by atoms with E-state index in [-0.39, 0.29) is 25.2 Å². The van der Waals surface area contributed by atoms with Crippen molar-refractivity contribution in [2.75, 3.05) is 6.54 Å². The molecule has 0 spiro atoms. The average Bonchev–Trinajstić information content (AvgIpc) is 2.38. The fraction of sp³-hybridized carbons (Fsp3) is 0.308. The van der Waals surface area contributed by atoms with E-state index in [1.54, 1.807) is 30.3 Å². The minimum absolute atomic E-state index is 0.0628. The first kappa shape index (κ1) is 14.8. The zero-order valence-corrected chi connectivity index (χ0v) is 10.2. The molecule has 0 bridgehead atoms. The number of carbonyl (C=O) groups is 3. The fourth-order valence-electron chi connectivity index (χ4n) is 1.52. The second-order valence-corrected chi connectivity index (χ2v) is 3.99. The maximum Gasteiger partial charge on any atom is 0.320 e. The summed E-state index contributed by atoms with van der Waals surface area (Å²) in [6, 6.07) is 7.44. The van der Waals surface area contributed by atoms with E-state index in [2.05, 4.69) is 5.32 Å². The summed E-state index contributed by atoms with van der Waals surface area (Å²) < 4.78 is 0. The SMILES string of the molecule is O=C(O)CC[C@H](NCC(=O)c1ccccc1)C(=O)O. The summed E-state index contributed by atoms with van der Waals surface area (Å²) in [5.74, 6) is -2.47. The molecule has 0 aromatic heterocycles. The molecule has 6 nitrogen and oxygen atoms in total. The van der Waals surface area contributed by atoms with Crippen LogP contribution in [0.1, 0.15) is 23.2 Å². The van der Waals surface area contributed by atoms with Gasteiger partial charge in [0.1, 0.15) is 6.04 Å². The number of carboxylic acids is 2. The highest BCUT2D eigenvalue weighted by atomic mass is 16.4. The Morgan fingerprint density at radius 1 is 1.11 bits per heavy atom. The highest BCUT2D eigenvalue weighted by molar-refractivity contribution is 5.97. The molecular formula is C13H15NO5. The fourth-order valence-corrected chi connectivity index (χ4v) is 1.52. The predicted molar refractivity (Wildman–Crippen MR) is 67.1 cm³/mol. The Morgan fingerprint density at radius 3 is 2.26 bits per heavy atom. The second-order valence-electron chi connectivity index (χ2n) is 3.99. The lowest BCUT2D eigenvalue weighted by atomic mass is 10.1. The number of aliphatic carboxylic acids is 2. The lowest BCUT2D eigenvalue weighted by Gasteiger charge is -2.12. The molecule has 0 radical (unpaired) electrons. The number of rotatable bonds is 8. The summed E-state index contributed by atoms with van der Waals surface area (Å²) in [5.41, 5.74) is 0.484. The van der Waals surface area contributed by atoms with Gasteiger partial charge >= 0.3 is 11.9 Å². The molecule has 6 heteroatoms. The molecule has 1 aromatic rings. The van der Waals surface area contributed by atoms with Crippen LogP contribution in [0.25, 0.3) is 0 Å². The minimum Gasteiger partial charge on any atom is -0.481 e. The Balaban J connectivity index is 2.50. The van der Waals surface area contributed by atoms with Crippen molar-refractivity contribution < 1.29 is 24.6 Å². The van der Waals surface area contributed by atoms with Gasteiger partial charge in [-0.1, -0.05) is 30.3 Å². The Labute approximate surface area is 110 Å². The van der Waals surface area contributed by atoms with Gasteiger partial charge in [-0.3, -0.25) is 19.7 Å². The zero-order valence-electron chi connectivity index (χ0n) is 10.2. The van der Waals surface area contributed by atoms with E-state index in [4.69, 9.17) is 10.2 Å². The number of benzene rings is 1. The molecule has 0 saturated carbocycles. The molecule has 1 rings (SSSR count). The molecule has 0 fully saturated rings. The van der Waals surface area contributed by atoms with Crippen molar-refractivity contribution in [3.8, 4) is 0 Å². The highest BCUT2D eigenvalue weighted by Gasteiger charge is 2.19. The molecule has 0 aliphatic heterocycles. The molecule has 0 aliphatic rings. The van der Waals surface area contributed by atoms with Gasteiger partial charge in [0.2, 0.25) is 0 Å². The van der Waals surface area contributed by atoms with E-state index >= 15 is 0 Å². The van der Waals surface area contributed by atoms with Gasteiger partial charge in [-0.25, -0.2) is 0 Å². The van der Waals surface area contributed by atoms with Crippen molar-refractivity contribution in [1.29, 1.82) is 0 Å².